The Morgan fingerprint density at radius 3 is 2.68 bits per heavy atom. The molecule has 1 saturated heterocycles. The van der Waals surface area contributed by atoms with Crippen molar-refractivity contribution in [1.82, 2.24) is 9.30 Å². The minimum Gasteiger partial charge on any atom is -0.477 e. The van der Waals surface area contributed by atoms with Gasteiger partial charge in [-0.05, 0) is 13.1 Å². The van der Waals surface area contributed by atoms with Gasteiger partial charge in [0.05, 0.1) is 16.6 Å². The third-order valence-corrected chi connectivity index (χ3v) is 5.97. The van der Waals surface area contributed by atoms with Crippen LogP contribution < -0.4 is 10.3 Å². The molecule has 4 rings (SSSR count). The van der Waals surface area contributed by atoms with Gasteiger partial charge < -0.3 is 19.3 Å². The van der Waals surface area contributed by atoms with E-state index in [-0.39, 0.29) is 10.9 Å². The fourth-order valence-corrected chi connectivity index (χ4v) is 4.62. The van der Waals surface area contributed by atoms with E-state index in [4.69, 9.17) is 0 Å². The number of piperazine rings is 1. The number of aromatic carboxylic acids is 1. The number of rotatable bonds is 3. The summed E-state index contributed by atoms with van der Waals surface area (Å²) in [5, 5.41) is 11.3. The number of anilines is 1. The second kappa shape index (κ2) is 6.99. The van der Waals surface area contributed by atoms with Crippen molar-refractivity contribution >= 4 is 44.9 Å². The zero-order chi connectivity index (χ0) is 20.0. The van der Waals surface area contributed by atoms with Crippen LogP contribution in [0, 0.1) is 5.82 Å². The molecule has 0 atom stereocenters. The number of nitrogens with zero attached hydrogens (tertiary/aromatic N) is 4. The van der Waals surface area contributed by atoms with Crippen LogP contribution in [0.3, 0.4) is 0 Å². The number of pyridine rings is 1. The Bertz CT molecular complexity index is 1180. The molecule has 0 aliphatic carbocycles. The Morgan fingerprint density at radius 1 is 1.32 bits per heavy atom. The highest BCUT2D eigenvalue weighted by molar-refractivity contribution is 7.16. The van der Waals surface area contributed by atoms with Crippen LogP contribution in [0.2, 0.25) is 0 Å². The van der Waals surface area contributed by atoms with Crippen LogP contribution in [0.15, 0.2) is 27.4 Å². The summed E-state index contributed by atoms with van der Waals surface area (Å²) in [5.74, 6) is -1.86. The van der Waals surface area contributed by atoms with Gasteiger partial charge in [0.25, 0.3) is 0 Å². The minimum atomic E-state index is -1.32. The van der Waals surface area contributed by atoms with Gasteiger partial charge in [-0.25, -0.2) is 9.18 Å². The zero-order valence-electron chi connectivity index (χ0n) is 15.5. The quantitative estimate of drug-likeness (QED) is 0.680. The van der Waals surface area contributed by atoms with Crippen LogP contribution in [0.1, 0.15) is 15.9 Å². The van der Waals surface area contributed by atoms with E-state index in [1.54, 1.807) is 29.2 Å². The SMILES string of the molecule is CN=Cc1c(N2CCN(C)CC2)c(F)cc2c(=O)c(C(=O)O)c3sccn3c12. The highest BCUT2D eigenvalue weighted by Crippen LogP contribution is 2.33. The van der Waals surface area contributed by atoms with Crippen LogP contribution in [-0.4, -0.2) is 66.9 Å². The Balaban J connectivity index is 2.12. The van der Waals surface area contributed by atoms with Crippen LogP contribution in [0.25, 0.3) is 15.7 Å². The lowest BCUT2D eigenvalue weighted by Crippen LogP contribution is -2.45. The molecule has 1 N–H and O–H groups in total. The monoisotopic (exact) mass is 402 g/mol. The van der Waals surface area contributed by atoms with E-state index in [9.17, 15) is 14.7 Å². The second-order valence-electron chi connectivity index (χ2n) is 6.78. The van der Waals surface area contributed by atoms with Crippen LogP contribution >= 0.6 is 11.3 Å². The molecule has 1 aromatic carbocycles. The summed E-state index contributed by atoms with van der Waals surface area (Å²) in [6, 6.07) is 1.16. The lowest BCUT2D eigenvalue weighted by atomic mass is 10.0. The van der Waals surface area contributed by atoms with Gasteiger partial charge in [-0.2, -0.15) is 0 Å². The summed E-state index contributed by atoms with van der Waals surface area (Å²) in [4.78, 5) is 33.1. The number of carbonyl (C=O) groups is 1. The maximum absolute atomic E-state index is 15.2. The molecule has 0 saturated carbocycles. The van der Waals surface area contributed by atoms with Crippen molar-refractivity contribution in [3.63, 3.8) is 0 Å². The Hall–Kier alpha value is -2.78. The molecule has 0 bridgehead atoms. The van der Waals surface area contributed by atoms with E-state index in [0.29, 0.717) is 34.7 Å². The van der Waals surface area contributed by atoms with Gasteiger partial charge in [0, 0.05) is 56.6 Å². The Morgan fingerprint density at radius 2 is 2.04 bits per heavy atom. The maximum Gasteiger partial charge on any atom is 0.342 e. The summed E-state index contributed by atoms with van der Waals surface area (Å²) in [5.41, 5.74) is 0.346. The fourth-order valence-electron chi connectivity index (χ4n) is 3.74. The van der Waals surface area contributed by atoms with E-state index in [0.717, 1.165) is 19.2 Å². The molecule has 0 amide bonds. The first kappa shape index (κ1) is 18.6. The molecule has 1 aliphatic rings. The molecule has 0 spiro atoms. The molecule has 0 radical (unpaired) electrons. The number of halogens is 1. The number of hydrogen-bond acceptors (Lipinski definition) is 6. The van der Waals surface area contributed by atoms with Crippen LogP contribution in [-0.2, 0) is 0 Å². The van der Waals surface area contributed by atoms with E-state index in [1.807, 2.05) is 11.9 Å². The maximum atomic E-state index is 15.2. The van der Waals surface area contributed by atoms with Crippen molar-refractivity contribution in [2.75, 3.05) is 45.2 Å². The highest BCUT2D eigenvalue weighted by atomic mass is 32.1. The molecule has 3 aromatic rings. The van der Waals surface area contributed by atoms with Crippen LogP contribution in [0.5, 0.6) is 0 Å². The van der Waals surface area contributed by atoms with Crippen LogP contribution in [0.4, 0.5) is 10.1 Å². The average molecular weight is 402 g/mol. The smallest absolute Gasteiger partial charge is 0.342 e. The van der Waals surface area contributed by atoms with Gasteiger partial charge in [0.15, 0.2) is 0 Å². The molecule has 3 heterocycles. The summed E-state index contributed by atoms with van der Waals surface area (Å²) < 4.78 is 16.9. The number of aliphatic imine (C=N–C) groups is 1. The molecule has 0 unspecified atom stereocenters. The lowest BCUT2D eigenvalue weighted by Gasteiger charge is -2.35. The van der Waals surface area contributed by atoms with Crippen molar-refractivity contribution in [1.29, 1.82) is 0 Å². The molecule has 1 aliphatic heterocycles. The van der Waals surface area contributed by atoms with Gasteiger partial charge in [-0.1, -0.05) is 0 Å². The summed E-state index contributed by atoms with van der Waals surface area (Å²) in [7, 11) is 3.61. The van der Waals surface area contributed by atoms with Gasteiger partial charge in [-0.15, -0.1) is 11.3 Å². The number of carboxylic acids is 1. The van der Waals surface area contributed by atoms with Gasteiger partial charge in [-0.3, -0.25) is 9.79 Å². The number of fused-ring (bicyclic) bond motifs is 3. The number of aromatic nitrogens is 1. The average Bonchev–Trinajstić information content (AvgIpc) is 3.12. The Labute approximate surface area is 163 Å². The molecular formula is C19H19FN4O3S. The standard InChI is InChI=1S/C19H19FN4O3S/c1-21-10-12-15-11(9-13(20)16(12)23-5-3-22(2)4-6-23)17(25)14(19(26)27)18-24(15)7-8-28-18/h7-10H,3-6H2,1-2H3,(H,26,27). The van der Waals surface area contributed by atoms with Crippen molar-refractivity contribution in [2.45, 2.75) is 0 Å². The Kier molecular flexibility index (Phi) is 4.64. The van der Waals surface area contributed by atoms with Gasteiger partial charge in [0.2, 0.25) is 5.43 Å². The molecule has 146 valence electrons. The summed E-state index contributed by atoms with van der Waals surface area (Å²) >= 11 is 1.17. The molecule has 7 nitrogen and oxygen atoms in total. The first-order valence-electron chi connectivity index (χ1n) is 8.81. The number of thiazole rings is 1. The number of hydrogen-bond donors (Lipinski definition) is 1. The van der Waals surface area contributed by atoms with Crippen molar-refractivity contribution < 1.29 is 14.3 Å². The van der Waals surface area contributed by atoms with Crippen molar-refractivity contribution in [3.8, 4) is 0 Å². The second-order valence-corrected chi connectivity index (χ2v) is 7.68. The van der Waals surface area contributed by atoms with Crippen molar-refractivity contribution in [3.05, 3.63) is 44.8 Å². The van der Waals surface area contributed by atoms with E-state index in [2.05, 4.69) is 9.89 Å². The molecule has 1 fully saturated rings. The molecule has 9 heteroatoms. The van der Waals surface area contributed by atoms with Crippen molar-refractivity contribution in [2.24, 2.45) is 4.99 Å². The number of carboxylic acid groups (broad SMARTS) is 1. The largest absolute Gasteiger partial charge is 0.477 e. The first-order chi connectivity index (χ1) is 13.4. The lowest BCUT2D eigenvalue weighted by molar-refractivity contribution is 0.0697. The first-order valence-corrected chi connectivity index (χ1v) is 9.69. The normalized spacial score (nSPS) is 15.9. The number of benzene rings is 1. The van der Waals surface area contributed by atoms with Gasteiger partial charge >= 0.3 is 5.97 Å². The fraction of sp³-hybridized carbons (Fsp3) is 0.316. The number of likely N-dealkylation sites (N-methyl/N-ethyl adjacent to an activating group) is 1. The molecule has 28 heavy (non-hydrogen) atoms. The minimum absolute atomic E-state index is 0.0403. The zero-order valence-corrected chi connectivity index (χ0v) is 16.3. The third-order valence-electron chi connectivity index (χ3n) is 5.09. The third kappa shape index (κ3) is 2.78. The molecular weight excluding hydrogens is 383 g/mol. The predicted octanol–water partition coefficient (Wildman–Crippen LogP) is 2.15. The van der Waals surface area contributed by atoms with E-state index in [1.165, 1.54) is 11.3 Å². The predicted molar refractivity (Wildman–Crippen MR) is 109 cm³/mol. The summed E-state index contributed by atoms with van der Waals surface area (Å²) in [6.07, 6.45) is 3.25. The van der Waals surface area contributed by atoms with E-state index >= 15 is 4.39 Å². The van der Waals surface area contributed by atoms with Gasteiger partial charge in [0.1, 0.15) is 16.2 Å². The summed E-state index contributed by atoms with van der Waals surface area (Å²) in [6.45, 7) is 2.90. The van der Waals surface area contributed by atoms with E-state index < -0.39 is 17.2 Å². The highest BCUT2D eigenvalue weighted by Gasteiger charge is 2.26. The topological polar surface area (TPSA) is 77.6 Å². The molecule has 2 aromatic heterocycles.